The number of rotatable bonds is 2. The Bertz CT molecular complexity index is 769. The van der Waals surface area contributed by atoms with Gasteiger partial charge in [0.1, 0.15) is 0 Å². The van der Waals surface area contributed by atoms with E-state index in [2.05, 4.69) is 4.85 Å². The molecule has 0 spiro atoms. The third-order valence-electron chi connectivity index (χ3n) is 4.72. The molecule has 1 aliphatic heterocycles. The number of hydrogen-bond donors (Lipinski definition) is 1. The van der Waals surface area contributed by atoms with Gasteiger partial charge in [-0.25, -0.2) is 4.85 Å². The average Bonchev–Trinajstić information content (AvgIpc) is 2.61. The minimum atomic E-state index is -5.09. The number of hydrogen-bond acceptors (Lipinski definition) is 3. The van der Waals surface area contributed by atoms with Gasteiger partial charge in [0.25, 0.3) is 11.8 Å². The highest BCUT2D eigenvalue weighted by Crippen LogP contribution is 2.33. The van der Waals surface area contributed by atoms with E-state index in [9.17, 15) is 27.9 Å². The Morgan fingerprint density at radius 1 is 1.11 bits per heavy atom. The molecule has 2 amide bonds. The van der Waals surface area contributed by atoms with Crippen LogP contribution in [0, 0.1) is 6.57 Å². The lowest BCUT2D eigenvalue weighted by molar-refractivity contribution is -0.251. The Labute approximate surface area is 155 Å². The molecule has 0 saturated carbocycles. The van der Waals surface area contributed by atoms with Crippen molar-refractivity contribution in [2.45, 2.75) is 44.6 Å². The smallest absolute Gasteiger partial charge is 0.373 e. The number of halogens is 3. The maximum absolute atomic E-state index is 13.0. The van der Waals surface area contributed by atoms with E-state index in [1.807, 2.05) is 0 Å². The summed E-state index contributed by atoms with van der Waals surface area (Å²) < 4.78 is 38.9. The largest absolute Gasteiger partial charge is 0.426 e. The van der Waals surface area contributed by atoms with Gasteiger partial charge in [0.2, 0.25) is 5.60 Å². The molecule has 6 nitrogen and oxygen atoms in total. The van der Waals surface area contributed by atoms with Crippen molar-refractivity contribution in [1.82, 2.24) is 9.80 Å². The third kappa shape index (κ3) is 3.90. The summed E-state index contributed by atoms with van der Waals surface area (Å²) in [7, 11) is 0. The maximum Gasteiger partial charge on any atom is 0.426 e. The highest BCUT2D eigenvalue weighted by atomic mass is 19.4. The molecule has 0 bridgehead atoms. The van der Waals surface area contributed by atoms with Crippen LogP contribution in [-0.2, 0) is 4.79 Å². The van der Waals surface area contributed by atoms with Crippen LogP contribution in [0.1, 0.15) is 31.1 Å². The van der Waals surface area contributed by atoms with Crippen LogP contribution >= 0.6 is 0 Å². The number of amides is 2. The summed E-state index contributed by atoms with van der Waals surface area (Å²) in [6.45, 7) is 10.4. The van der Waals surface area contributed by atoms with Crippen LogP contribution in [0.4, 0.5) is 18.9 Å². The first-order valence-electron chi connectivity index (χ1n) is 8.28. The van der Waals surface area contributed by atoms with Gasteiger partial charge in [-0.3, -0.25) is 9.59 Å². The molecule has 27 heavy (non-hydrogen) atoms. The molecule has 146 valence electrons. The van der Waals surface area contributed by atoms with Gasteiger partial charge in [-0.2, -0.15) is 13.2 Å². The van der Waals surface area contributed by atoms with Gasteiger partial charge in [0, 0.05) is 30.7 Å². The van der Waals surface area contributed by atoms with E-state index in [0.29, 0.717) is 18.2 Å². The fourth-order valence-corrected chi connectivity index (χ4v) is 2.94. The second kappa shape index (κ2) is 7.19. The van der Waals surface area contributed by atoms with Crippen LogP contribution in [0.5, 0.6) is 0 Å². The van der Waals surface area contributed by atoms with E-state index >= 15 is 0 Å². The lowest BCUT2D eigenvalue weighted by Gasteiger charge is -2.46. The van der Waals surface area contributed by atoms with Gasteiger partial charge in [0.15, 0.2) is 5.69 Å². The van der Waals surface area contributed by atoms with Crippen LogP contribution in [0.25, 0.3) is 4.85 Å². The maximum atomic E-state index is 13.0. The van der Waals surface area contributed by atoms with Crippen LogP contribution in [0.3, 0.4) is 0 Å². The quantitative estimate of drug-likeness (QED) is 0.799. The standard InChI is InChI=1S/C18H20F3N3O3/c1-11-10-24(16(26)17(3,27)18(19,20)21)12(2)9-23(11)15(25)13-5-7-14(22-4)8-6-13/h5-8,11-12,27H,9-10H2,1-3H3/t11-,12+,17-/m1/s1. The Balaban J connectivity index is 2.18. The molecule has 0 aliphatic carbocycles. The zero-order valence-electron chi connectivity index (χ0n) is 15.1. The molecule has 1 aromatic rings. The van der Waals surface area contributed by atoms with Gasteiger partial charge in [-0.05, 0) is 20.8 Å². The Kier molecular flexibility index (Phi) is 5.52. The van der Waals surface area contributed by atoms with E-state index in [1.54, 1.807) is 6.92 Å². The van der Waals surface area contributed by atoms with E-state index in [1.165, 1.54) is 36.1 Å². The molecule has 1 heterocycles. The predicted octanol–water partition coefficient (Wildman–Crippen LogP) is 2.61. The lowest BCUT2D eigenvalue weighted by Crippen LogP contribution is -2.65. The molecule has 0 radical (unpaired) electrons. The van der Waals surface area contributed by atoms with Gasteiger partial charge in [-0.1, -0.05) is 24.3 Å². The van der Waals surface area contributed by atoms with Gasteiger partial charge < -0.3 is 14.9 Å². The molecule has 1 saturated heterocycles. The first-order valence-corrected chi connectivity index (χ1v) is 8.28. The minimum absolute atomic E-state index is 0.0320. The summed E-state index contributed by atoms with van der Waals surface area (Å²) in [5.74, 6) is -1.76. The van der Waals surface area contributed by atoms with Crippen molar-refractivity contribution in [2.75, 3.05) is 13.1 Å². The first kappa shape index (κ1) is 20.7. The summed E-state index contributed by atoms with van der Waals surface area (Å²) in [6.07, 6.45) is -5.09. The number of benzene rings is 1. The molecule has 1 N–H and O–H groups in total. The SMILES string of the molecule is [C-]#[N+]c1ccc(C(=O)N2C[C@H](C)N(C(=O)[C@@](C)(O)C(F)(F)F)C[C@H]2C)cc1. The Hall–Kier alpha value is -2.60. The van der Waals surface area contributed by atoms with Crippen molar-refractivity contribution in [1.29, 1.82) is 0 Å². The second-order valence-corrected chi connectivity index (χ2v) is 6.84. The number of alkyl halides is 3. The third-order valence-corrected chi connectivity index (χ3v) is 4.72. The van der Waals surface area contributed by atoms with Crippen molar-refractivity contribution in [3.63, 3.8) is 0 Å². The van der Waals surface area contributed by atoms with Crippen LogP contribution in [0.15, 0.2) is 24.3 Å². The van der Waals surface area contributed by atoms with E-state index < -0.39 is 29.8 Å². The Morgan fingerprint density at radius 3 is 2.07 bits per heavy atom. The molecule has 1 aromatic carbocycles. The van der Waals surface area contributed by atoms with Crippen molar-refractivity contribution in [3.8, 4) is 0 Å². The highest BCUT2D eigenvalue weighted by Gasteiger charge is 2.58. The van der Waals surface area contributed by atoms with E-state index in [0.717, 1.165) is 4.90 Å². The van der Waals surface area contributed by atoms with Gasteiger partial charge >= 0.3 is 6.18 Å². The molecule has 1 fully saturated rings. The molecular weight excluding hydrogens is 363 g/mol. The van der Waals surface area contributed by atoms with Crippen LogP contribution < -0.4 is 0 Å². The number of nitrogens with zero attached hydrogens (tertiary/aromatic N) is 3. The number of aliphatic hydroxyl groups is 1. The van der Waals surface area contributed by atoms with Gasteiger partial charge in [0.05, 0.1) is 6.57 Å². The topological polar surface area (TPSA) is 65.2 Å². The van der Waals surface area contributed by atoms with E-state index in [4.69, 9.17) is 6.57 Å². The second-order valence-electron chi connectivity index (χ2n) is 6.84. The van der Waals surface area contributed by atoms with E-state index in [-0.39, 0.29) is 19.0 Å². The van der Waals surface area contributed by atoms with Gasteiger partial charge in [-0.15, -0.1) is 0 Å². The molecular formula is C18H20F3N3O3. The number of carbonyl (C=O) groups excluding carboxylic acids is 2. The zero-order chi connectivity index (χ0) is 20.6. The first-order chi connectivity index (χ1) is 12.4. The average molecular weight is 383 g/mol. The van der Waals surface area contributed by atoms with Crippen molar-refractivity contribution >= 4 is 17.5 Å². The molecule has 1 aliphatic rings. The number of piperazine rings is 1. The fourth-order valence-electron chi connectivity index (χ4n) is 2.94. The molecule has 9 heteroatoms. The fraction of sp³-hybridized carbons (Fsp3) is 0.500. The summed E-state index contributed by atoms with van der Waals surface area (Å²) >= 11 is 0. The highest BCUT2D eigenvalue weighted by molar-refractivity contribution is 5.95. The Morgan fingerprint density at radius 2 is 1.59 bits per heavy atom. The van der Waals surface area contributed by atoms with Crippen LogP contribution in [-0.4, -0.2) is 63.7 Å². The van der Waals surface area contributed by atoms with Crippen LogP contribution in [0.2, 0.25) is 0 Å². The van der Waals surface area contributed by atoms with Crippen molar-refractivity contribution in [2.24, 2.45) is 0 Å². The molecule has 2 rings (SSSR count). The summed E-state index contributed by atoms with van der Waals surface area (Å²) in [4.78, 5) is 30.7. The minimum Gasteiger partial charge on any atom is -0.373 e. The van der Waals surface area contributed by atoms with Crippen molar-refractivity contribution in [3.05, 3.63) is 41.2 Å². The zero-order valence-corrected chi connectivity index (χ0v) is 15.1. The summed E-state index contributed by atoms with van der Waals surface area (Å²) in [5, 5.41) is 9.66. The molecule has 0 unspecified atom stereocenters. The normalized spacial score (nSPS) is 22.7. The lowest BCUT2D eigenvalue weighted by atomic mass is 9.99. The summed E-state index contributed by atoms with van der Waals surface area (Å²) in [6, 6.07) is 4.80. The summed E-state index contributed by atoms with van der Waals surface area (Å²) in [5.41, 5.74) is -2.75. The number of carbonyl (C=O) groups is 2. The predicted molar refractivity (Wildman–Crippen MR) is 91.1 cm³/mol. The molecule has 0 aromatic heterocycles. The van der Waals surface area contributed by atoms with Crippen molar-refractivity contribution < 1.29 is 27.9 Å². The monoisotopic (exact) mass is 383 g/mol. The molecule has 3 atom stereocenters.